The van der Waals surface area contributed by atoms with Crippen molar-refractivity contribution in [2.24, 2.45) is 0 Å². The van der Waals surface area contributed by atoms with Gasteiger partial charge < -0.3 is 14.8 Å². The topological polar surface area (TPSA) is 47.6 Å². The van der Waals surface area contributed by atoms with E-state index < -0.39 is 5.54 Å². The van der Waals surface area contributed by atoms with Crippen molar-refractivity contribution in [2.75, 3.05) is 19.8 Å². The number of carbonyl (C=O) groups is 1. The summed E-state index contributed by atoms with van der Waals surface area (Å²) in [5, 5.41) is 3.39. The maximum atomic E-state index is 12.9. The van der Waals surface area contributed by atoms with Gasteiger partial charge in [0.2, 0.25) is 0 Å². The predicted molar refractivity (Wildman–Crippen MR) is 83.4 cm³/mol. The number of rotatable bonds is 7. The molecule has 2 rings (SSSR count). The van der Waals surface area contributed by atoms with Crippen molar-refractivity contribution in [1.29, 1.82) is 0 Å². The monoisotopic (exact) mass is 291 g/mol. The molecule has 116 valence electrons. The van der Waals surface area contributed by atoms with Gasteiger partial charge in [-0.05, 0) is 57.9 Å². The van der Waals surface area contributed by atoms with Gasteiger partial charge in [0, 0.05) is 5.56 Å². The average Bonchev–Trinajstić information content (AvgIpc) is 2.99. The van der Waals surface area contributed by atoms with E-state index in [9.17, 15) is 4.79 Å². The summed E-state index contributed by atoms with van der Waals surface area (Å²) in [6.07, 6.45) is 2.76. The summed E-state index contributed by atoms with van der Waals surface area (Å²) < 4.78 is 11.2. The summed E-state index contributed by atoms with van der Waals surface area (Å²) >= 11 is 0. The van der Waals surface area contributed by atoms with Gasteiger partial charge in [0.05, 0.1) is 18.8 Å². The van der Waals surface area contributed by atoms with E-state index in [2.05, 4.69) is 12.2 Å². The number of nitrogens with one attached hydrogen (secondary N) is 1. The summed E-state index contributed by atoms with van der Waals surface area (Å²) in [6, 6.07) is 5.49. The smallest absolute Gasteiger partial charge is 0.182 e. The van der Waals surface area contributed by atoms with Gasteiger partial charge in [0.15, 0.2) is 17.3 Å². The molecule has 4 heteroatoms. The lowest BCUT2D eigenvalue weighted by atomic mass is 9.85. The number of ketones is 1. The molecule has 1 fully saturated rings. The van der Waals surface area contributed by atoms with E-state index in [4.69, 9.17) is 9.47 Å². The quantitative estimate of drug-likeness (QED) is 0.784. The third kappa shape index (κ3) is 3.21. The Bertz CT molecular complexity index is 493. The van der Waals surface area contributed by atoms with Gasteiger partial charge >= 0.3 is 0 Å². The van der Waals surface area contributed by atoms with Crippen molar-refractivity contribution in [3.63, 3.8) is 0 Å². The minimum absolute atomic E-state index is 0.159. The van der Waals surface area contributed by atoms with E-state index in [0.29, 0.717) is 30.3 Å². The van der Waals surface area contributed by atoms with Crippen LogP contribution in [0, 0.1) is 0 Å². The fourth-order valence-electron chi connectivity index (χ4n) is 2.93. The number of benzene rings is 1. The highest BCUT2D eigenvalue weighted by molar-refractivity contribution is 6.03. The molecule has 4 nitrogen and oxygen atoms in total. The Morgan fingerprint density at radius 3 is 2.48 bits per heavy atom. The molecule has 0 amide bonds. The second-order valence-corrected chi connectivity index (χ2v) is 5.32. The molecule has 1 unspecified atom stereocenters. The summed E-state index contributed by atoms with van der Waals surface area (Å²) in [5.74, 6) is 1.50. The predicted octanol–water partition coefficient (Wildman–Crippen LogP) is 3.20. The number of carbonyl (C=O) groups excluding carboxylic acids is 1. The molecule has 1 aliphatic heterocycles. The maximum Gasteiger partial charge on any atom is 0.182 e. The normalized spacial score (nSPS) is 21.3. The van der Waals surface area contributed by atoms with Crippen molar-refractivity contribution in [1.82, 2.24) is 5.32 Å². The molecule has 0 spiro atoms. The fourth-order valence-corrected chi connectivity index (χ4v) is 2.93. The van der Waals surface area contributed by atoms with Crippen molar-refractivity contribution < 1.29 is 14.3 Å². The molecule has 1 atom stereocenters. The number of Topliss-reactive ketones (excluding diaryl/α,β-unsaturated/α-hetero) is 1. The Labute approximate surface area is 126 Å². The lowest BCUT2D eigenvalue weighted by Crippen LogP contribution is -2.47. The first-order chi connectivity index (χ1) is 10.2. The van der Waals surface area contributed by atoms with Crippen LogP contribution < -0.4 is 14.8 Å². The fraction of sp³-hybridized carbons (Fsp3) is 0.588. The van der Waals surface area contributed by atoms with Gasteiger partial charge in [0.25, 0.3) is 0 Å². The highest BCUT2D eigenvalue weighted by Crippen LogP contribution is 2.32. The summed E-state index contributed by atoms with van der Waals surface area (Å²) in [7, 11) is 0. The number of hydrogen-bond donors (Lipinski definition) is 1. The first-order valence-electron chi connectivity index (χ1n) is 7.86. The third-order valence-corrected chi connectivity index (χ3v) is 4.09. The molecule has 1 aliphatic rings. The van der Waals surface area contributed by atoms with Crippen LogP contribution in [0.1, 0.15) is 50.4 Å². The molecule has 1 aromatic rings. The van der Waals surface area contributed by atoms with E-state index in [1.807, 2.05) is 32.0 Å². The minimum Gasteiger partial charge on any atom is -0.490 e. The van der Waals surface area contributed by atoms with Crippen LogP contribution in [0.15, 0.2) is 18.2 Å². The number of hydrogen-bond acceptors (Lipinski definition) is 4. The number of ether oxygens (including phenoxy) is 2. The SMILES string of the molecule is CCOc1ccc(C(=O)C2(CC)CCCN2)cc1OCC. The Morgan fingerprint density at radius 2 is 1.90 bits per heavy atom. The highest BCUT2D eigenvalue weighted by Gasteiger charge is 2.39. The lowest BCUT2D eigenvalue weighted by Gasteiger charge is -2.26. The van der Waals surface area contributed by atoms with Crippen LogP contribution in [0.5, 0.6) is 11.5 Å². The molecule has 1 heterocycles. The minimum atomic E-state index is -0.406. The van der Waals surface area contributed by atoms with Crippen molar-refractivity contribution >= 4 is 5.78 Å². The standard InChI is InChI=1S/C17H25NO3/c1-4-17(10-7-11-18-17)16(19)13-8-9-14(20-5-2)15(12-13)21-6-3/h8-9,12,18H,4-7,10-11H2,1-3H3. The van der Waals surface area contributed by atoms with Crippen LogP contribution in [0.2, 0.25) is 0 Å². The molecule has 1 aromatic carbocycles. The first kappa shape index (κ1) is 15.8. The van der Waals surface area contributed by atoms with Crippen LogP contribution in [0.3, 0.4) is 0 Å². The molecule has 0 radical (unpaired) electrons. The molecular formula is C17H25NO3. The summed E-state index contributed by atoms with van der Waals surface area (Å²) in [6.45, 7) is 7.96. The lowest BCUT2D eigenvalue weighted by molar-refractivity contribution is 0.0863. The van der Waals surface area contributed by atoms with Crippen LogP contribution in [0.25, 0.3) is 0 Å². The van der Waals surface area contributed by atoms with Gasteiger partial charge in [-0.15, -0.1) is 0 Å². The zero-order valence-corrected chi connectivity index (χ0v) is 13.2. The summed E-state index contributed by atoms with van der Waals surface area (Å²) in [4.78, 5) is 12.9. The molecular weight excluding hydrogens is 266 g/mol. The van der Waals surface area contributed by atoms with Gasteiger partial charge in [-0.2, -0.15) is 0 Å². The molecule has 1 N–H and O–H groups in total. The Kier molecular flexibility index (Phi) is 5.23. The molecule has 1 saturated heterocycles. The first-order valence-corrected chi connectivity index (χ1v) is 7.86. The van der Waals surface area contributed by atoms with E-state index in [-0.39, 0.29) is 5.78 Å². The Hall–Kier alpha value is -1.55. The van der Waals surface area contributed by atoms with E-state index in [0.717, 1.165) is 25.8 Å². The van der Waals surface area contributed by atoms with E-state index in [1.54, 1.807) is 0 Å². The van der Waals surface area contributed by atoms with Crippen LogP contribution >= 0.6 is 0 Å². The van der Waals surface area contributed by atoms with Gasteiger partial charge in [-0.3, -0.25) is 4.79 Å². The van der Waals surface area contributed by atoms with Crippen molar-refractivity contribution in [3.8, 4) is 11.5 Å². The van der Waals surface area contributed by atoms with Gasteiger partial charge in [0.1, 0.15) is 0 Å². The highest BCUT2D eigenvalue weighted by atomic mass is 16.5. The molecule has 0 bridgehead atoms. The van der Waals surface area contributed by atoms with E-state index >= 15 is 0 Å². The van der Waals surface area contributed by atoms with Crippen LogP contribution in [-0.4, -0.2) is 31.1 Å². The Morgan fingerprint density at radius 1 is 1.19 bits per heavy atom. The van der Waals surface area contributed by atoms with E-state index in [1.165, 1.54) is 0 Å². The second kappa shape index (κ2) is 6.94. The third-order valence-electron chi connectivity index (χ3n) is 4.09. The maximum absolute atomic E-state index is 12.9. The molecule has 21 heavy (non-hydrogen) atoms. The molecule has 0 aromatic heterocycles. The van der Waals surface area contributed by atoms with Gasteiger partial charge in [-0.25, -0.2) is 0 Å². The molecule has 0 aliphatic carbocycles. The molecule has 0 saturated carbocycles. The van der Waals surface area contributed by atoms with Crippen molar-refractivity contribution in [2.45, 2.75) is 45.6 Å². The van der Waals surface area contributed by atoms with Crippen LogP contribution in [-0.2, 0) is 0 Å². The summed E-state index contributed by atoms with van der Waals surface area (Å²) in [5.41, 5.74) is 0.287. The second-order valence-electron chi connectivity index (χ2n) is 5.32. The van der Waals surface area contributed by atoms with Gasteiger partial charge in [-0.1, -0.05) is 6.92 Å². The zero-order valence-electron chi connectivity index (χ0n) is 13.2. The average molecular weight is 291 g/mol. The van der Waals surface area contributed by atoms with Crippen molar-refractivity contribution in [3.05, 3.63) is 23.8 Å². The van der Waals surface area contributed by atoms with Crippen LogP contribution in [0.4, 0.5) is 0 Å². The zero-order chi connectivity index (χ0) is 15.3. The Balaban J connectivity index is 2.30. The largest absolute Gasteiger partial charge is 0.490 e.